The van der Waals surface area contributed by atoms with Crippen LogP contribution in [0.25, 0.3) is 49.9 Å². The van der Waals surface area contributed by atoms with Gasteiger partial charge >= 0.3 is 0 Å². The van der Waals surface area contributed by atoms with Crippen molar-refractivity contribution < 1.29 is 4.42 Å². The Morgan fingerprint density at radius 3 is 1.74 bits per heavy atom. The Labute approximate surface area is 315 Å². The molecule has 0 saturated carbocycles. The summed E-state index contributed by atoms with van der Waals surface area (Å²) >= 11 is 0. The number of furan rings is 1. The van der Waals surface area contributed by atoms with Gasteiger partial charge in [0.25, 0.3) is 0 Å². The zero-order chi connectivity index (χ0) is 35.8. The first-order valence-corrected chi connectivity index (χ1v) is 18.5. The Kier molecular flexibility index (Phi) is 8.01. The molecule has 4 nitrogen and oxygen atoms in total. The maximum atomic E-state index is 6.91. The highest BCUT2D eigenvalue weighted by Crippen LogP contribution is 2.46. The summed E-state index contributed by atoms with van der Waals surface area (Å²) < 4.78 is 6.91. The van der Waals surface area contributed by atoms with Gasteiger partial charge in [0.2, 0.25) is 0 Å². The lowest BCUT2D eigenvalue weighted by atomic mass is 9.91. The summed E-state index contributed by atoms with van der Waals surface area (Å²) in [6.07, 6.45) is 8.60. The molecule has 0 amide bonds. The third-order valence-electron chi connectivity index (χ3n) is 10.6. The molecule has 1 aliphatic heterocycles. The molecule has 0 fully saturated rings. The van der Waals surface area contributed by atoms with Crippen molar-refractivity contribution in [3.63, 3.8) is 0 Å². The Bertz CT molecular complexity index is 2610. The fourth-order valence-electron chi connectivity index (χ4n) is 7.92. The van der Waals surface area contributed by atoms with Crippen molar-refractivity contribution in [1.82, 2.24) is 10.6 Å². The van der Waals surface area contributed by atoms with Crippen LogP contribution in [0.3, 0.4) is 0 Å². The normalized spacial score (nSPS) is 16.4. The first-order chi connectivity index (χ1) is 26.8. The number of hydrogen-bond acceptors (Lipinski definition) is 4. The van der Waals surface area contributed by atoms with E-state index in [1.54, 1.807) is 0 Å². The Morgan fingerprint density at radius 1 is 0.519 bits per heavy atom. The number of anilines is 3. The van der Waals surface area contributed by atoms with Gasteiger partial charge in [-0.15, -0.1) is 0 Å². The van der Waals surface area contributed by atoms with Crippen LogP contribution in [-0.4, -0.2) is 6.04 Å². The number of rotatable bonds is 7. The maximum absolute atomic E-state index is 6.91. The van der Waals surface area contributed by atoms with Gasteiger partial charge in [-0.3, -0.25) is 5.32 Å². The van der Waals surface area contributed by atoms with Crippen LogP contribution in [0.5, 0.6) is 0 Å². The Hall–Kier alpha value is -6.88. The number of nitrogens with one attached hydrogen (secondary N) is 2. The summed E-state index contributed by atoms with van der Waals surface area (Å²) in [5, 5.41) is 9.84. The summed E-state index contributed by atoms with van der Waals surface area (Å²) in [4.78, 5) is 2.37. The van der Waals surface area contributed by atoms with Crippen LogP contribution >= 0.6 is 0 Å². The highest BCUT2D eigenvalue weighted by atomic mass is 16.3. The van der Waals surface area contributed by atoms with Gasteiger partial charge < -0.3 is 14.6 Å². The van der Waals surface area contributed by atoms with Gasteiger partial charge in [-0.2, -0.15) is 0 Å². The number of nitrogens with zero attached hydrogens (tertiary/aromatic N) is 1. The average molecular weight is 696 g/mol. The SMILES string of the molecule is C1=CC2=C(c3ccc(N(c4ccc(-c5ccccc5)cc4)c4ccc(-c5ccccc5)cc4)c4c3oc3ccccc34)NC(c3ccccc3)NC2C=C1. The first kappa shape index (κ1) is 31.8. The number of allylic oxidation sites excluding steroid dienone is 2. The van der Waals surface area contributed by atoms with Crippen molar-refractivity contribution in [3.05, 3.63) is 217 Å². The van der Waals surface area contributed by atoms with E-state index >= 15 is 0 Å². The smallest absolute Gasteiger partial charge is 0.146 e. The first-order valence-electron chi connectivity index (χ1n) is 18.5. The van der Waals surface area contributed by atoms with Crippen LogP contribution in [0.1, 0.15) is 17.3 Å². The van der Waals surface area contributed by atoms with Crippen molar-refractivity contribution in [3.8, 4) is 22.3 Å². The molecule has 0 saturated heterocycles. The zero-order valence-electron chi connectivity index (χ0n) is 29.6. The quantitative estimate of drug-likeness (QED) is 0.174. The molecule has 2 N–H and O–H groups in total. The molecule has 0 radical (unpaired) electrons. The second-order valence-corrected chi connectivity index (χ2v) is 13.8. The molecular formula is C50H37N3O. The van der Waals surface area contributed by atoms with Crippen LogP contribution in [0.15, 0.2) is 210 Å². The molecule has 2 atom stereocenters. The minimum absolute atomic E-state index is 0.0540. The molecule has 0 spiro atoms. The molecule has 4 heteroatoms. The monoisotopic (exact) mass is 695 g/mol. The van der Waals surface area contributed by atoms with Crippen molar-refractivity contribution >= 4 is 44.7 Å². The summed E-state index contributed by atoms with van der Waals surface area (Å²) in [6.45, 7) is 0. The van der Waals surface area contributed by atoms with Crippen LogP contribution in [0.2, 0.25) is 0 Å². The van der Waals surface area contributed by atoms with Crippen LogP contribution in [-0.2, 0) is 0 Å². The van der Waals surface area contributed by atoms with E-state index in [2.05, 4.69) is 210 Å². The van der Waals surface area contributed by atoms with Crippen LogP contribution in [0.4, 0.5) is 17.1 Å². The van der Waals surface area contributed by atoms with E-state index in [9.17, 15) is 0 Å². The predicted octanol–water partition coefficient (Wildman–Crippen LogP) is 12.5. The molecule has 0 bridgehead atoms. The molecule has 1 aliphatic carbocycles. The molecule has 8 aromatic rings. The molecule has 7 aromatic carbocycles. The molecular weight excluding hydrogens is 659 g/mol. The van der Waals surface area contributed by atoms with Crippen molar-refractivity contribution in [2.75, 3.05) is 4.90 Å². The molecule has 2 unspecified atom stereocenters. The summed E-state index contributed by atoms with van der Waals surface area (Å²) in [7, 11) is 0. The van der Waals surface area contributed by atoms with Gasteiger partial charge in [0.15, 0.2) is 0 Å². The number of benzene rings is 7. The lowest BCUT2D eigenvalue weighted by Crippen LogP contribution is -2.45. The van der Waals surface area contributed by atoms with E-state index in [1.807, 2.05) is 6.07 Å². The fraction of sp³-hybridized carbons (Fsp3) is 0.0400. The van der Waals surface area contributed by atoms with E-state index in [-0.39, 0.29) is 12.2 Å². The minimum atomic E-state index is -0.0760. The van der Waals surface area contributed by atoms with E-state index < -0.39 is 0 Å². The second kappa shape index (κ2) is 13.6. The molecule has 2 aliphatic rings. The van der Waals surface area contributed by atoms with Crippen molar-refractivity contribution in [2.45, 2.75) is 12.2 Å². The third kappa shape index (κ3) is 5.70. The van der Waals surface area contributed by atoms with Crippen molar-refractivity contribution in [2.24, 2.45) is 0 Å². The van der Waals surface area contributed by atoms with Gasteiger partial charge in [0.1, 0.15) is 17.3 Å². The van der Waals surface area contributed by atoms with Gasteiger partial charge in [-0.1, -0.05) is 158 Å². The average Bonchev–Trinajstić information content (AvgIpc) is 3.65. The molecule has 258 valence electrons. The van der Waals surface area contributed by atoms with E-state index in [0.717, 1.165) is 50.3 Å². The molecule has 1 aromatic heterocycles. The minimum Gasteiger partial charge on any atom is -0.455 e. The topological polar surface area (TPSA) is 40.4 Å². The number of fused-ring (bicyclic) bond motifs is 4. The third-order valence-corrected chi connectivity index (χ3v) is 10.6. The predicted molar refractivity (Wildman–Crippen MR) is 224 cm³/mol. The van der Waals surface area contributed by atoms with Crippen LogP contribution < -0.4 is 15.5 Å². The standard InChI is InChI=1S/C50H37N3O/c1-4-14-34(15-5-1)36-24-28-39(29-25-36)53(40-30-26-37(27-31-40)35-16-6-2-7-17-35)45-33-32-43(49-47(45)42-21-11-13-23-46(42)54-49)48-41-20-10-12-22-44(41)51-50(52-48)38-18-8-3-9-19-38/h1-33,44,50-52H. The van der Waals surface area contributed by atoms with Gasteiger partial charge in [-0.25, -0.2) is 0 Å². The Balaban J connectivity index is 1.17. The van der Waals surface area contributed by atoms with Crippen molar-refractivity contribution in [1.29, 1.82) is 0 Å². The largest absolute Gasteiger partial charge is 0.455 e. The molecule has 2 heterocycles. The highest BCUT2D eigenvalue weighted by Gasteiger charge is 2.31. The fourth-order valence-corrected chi connectivity index (χ4v) is 7.92. The molecule has 10 rings (SSSR count). The summed E-state index contributed by atoms with van der Waals surface area (Å²) in [6, 6.07) is 62.4. The maximum Gasteiger partial charge on any atom is 0.146 e. The number of para-hydroxylation sites is 1. The van der Waals surface area contributed by atoms with E-state index in [0.29, 0.717) is 0 Å². The van der Waals surface area contributed by atoms with E-state index in [1.165, 1.54) is 33.4 Å². The van der Waals surface area contributed by atoms with Gasteiger partial charge in [0.05, 0.1) is 22.8 Å². The van der Waals surface area contributed by atoms with Crippen LogP contribution in [0, 0.1) is 0 Å². The lowest BCUT2D eigenvalue weighted by molar-refractivity contribution is 0.460. The Morgan fingerprint density at radius 2 is 1.09 bits per heavy atom. The van der Waals surface area contributed by atoms with Gasteiger partial charge in [-0.05, 0) is 75.9 Å². The van der Waals surface area contributed by atoms with Gasteiger partial charge in [0, 0.05) is 22.3 Å². The lowest BCUT2D eigenvalue weighted by Gasteiger charge is -2.36. The molecule has 54 heavy (non-hydrogen) atoms. The zero-order valence-corrected chi connectivity index (χ0v) is 29.6. The van der Waals surface area contributed by atoms with E-state index in [4.69, 9.17) is 4.42 Å². The summed E-state index contributed by atoms with van der Waals surface area (Å²) in [5.74, 6) is 0. The summed E-state index contributed by atoms with van der Waals surface area (Å²) in [5.41, 5.74) is 14.1. The highest BCUT2D eigenvalue weighted by molar-refractivity contribution is 6.16. The number of hydrogen-bond donors (Lipinski definition) is 2. The second-order valence-electron chi connectivity index (χ2n) is 13.8.